The first-order valence-corrected chi connectivity index (χ1v) is 8.41. The van der Waals surface area contributed by atoms with Crippen molar-refractivity contribution in [2.75, 3.05) is 6.54 Å². The van der Waals surface area contributed by atoms with E-state index >= 15 is 0 Å². The number of hydrogen-bond acceptors (Lipinski definition) is 3. The molecule has 0 aliphatic rings. The summed E-state index contributed by atoms with van der Waals surface area (Å²) in [6, 6.07) is 17.9. The van der Waals surface area contributed by atoms with Crippen LogP contribution in [0.15, 0.2) is 66.4 Å². The number of rotatable bonds is 6. The third-order valence-electron chi connectivity index (χ3n) is 4.02. The Kier molecular flexibility index (Phi) is 5.75. The van der Waals surface area contributed by atoms with Crippen LogP contribution in [0.2, 0.25) is 0 Å². The summed E-state index contributed by atoms with van der Waals surface area (Å²) >= 11 is 0. The Morgan fingerprint density at radius 3 is 2.67 bits per heavy atom. The molecule has 5 nitrogen and oxygen atoms in total. The minimum absolute atomic E-state index is 0.0675. The van der Waals surface area contributed by atoms with Crippen molar-refractivity contribution in [3.8, 4) is 17.3 Å². The molecule has 0 bridgehead atoms. The molecular weight excluding hydrogens is 343 g/mol. The van der Waals surface area contributed by atoms with Gasteiger partial charge in [-0.3, -0.25) is 9.89 Å². The third-order valence-corrected chi connectivity index (χ3v) is 4.02. The van der Waals surface area contributed by atoms with Crippen LogP contribution in [0.25, 0.3) is 17.3 Å². The van der Waals surface area contributed by atoms with Crippen LogP contribution < -0.4 is 5.32 Å². The van der Waals surface area contributed by atoms with Crippen LogP contribution in [0, 0.1) is 17.1 Å². The highest BCUT2D eigenvalue weighted by Gasteiger charge is 2.14. The van der Waals surface area contributed by atoms with Gasteiger partial charge in [0.1, 0.15) is 17.5 Å². The van der Waals surface area contributed by atoms with Gasteiger partial charge < -0.3 is 5.32 Å². The van der Waals surface area contributed by atoms with Crippen molar-refractivity contribution in [3.63, 3.8) is 0 Å². The molecule has 0 aliphatic carbocycles. The molecular formula is C21H17FN4O. The first-order chi connectivity index (χ1) is 13.2. The number of aromatic amines is 1. The number of nitriles is 1. The van der Waals surface area contributed by atoms with Gasteiger partial charge in [-0.05, 0) is 30.2 Å². The number of aromatic nitrogens is 2. The number of hydrogen-bond donors (Lipinski definition) is 2. The van der Waals surface area contributed by atoms with E-state index in [-0.39, 0.29) is 5.57 Å². The van der Waals surface area contributed by atoms with Gasteiger partial charge in [-0.2, -0.15) is 10.4 Å². The largest absolute Gasteiger partial charge is 0.351 e. The lowest BCUT2D eigenvalue weighted by Crippen LogP contribution is -2.26. The topological polar surface area (TPSA) is 81.6 Å². The zero-order chi connectivity index (χ0) is 19.1. The maximum Gasteiger partial charge on any atom is 0.261 e. The molecule has 134 valence electrons. The predicted molar refractivity (Wildman–Crippen MR) is 101 cm³/mol. The van der Waals surface area contributed by atoms with Crippen molar-refractivity contribution >= 4 is 12.0 Å². The Morgan fingerprint density at radius 2 is 1.93 bits per heavy atom. The normalized spacial score (nSPS) is 11.0. The van der Waals surface area contributed by atoms with Crippen molar-refractivity contribution in [3.05, 3.63) is 83.3 Å². The highest BCUT2D eigenvalue weighted by Crippen LogP contribution is 2.25. The zero-order valence-corrected chi connectivity index (χ0v) is 14.4. The molecule has 3 aromatic rings. The average molecular weight is 360 g/mol. The van der Waals surface area contributed by atoms with E-state index in [0.29, 0.717) is 29.8 Å². The number of H-pyrrole nitrogens is 1. The minimum Gasteiger partial charge on any atom is -0.351 e. The van der Waals surface area contributed by atoms with E-state index in [4.69, 9.17) is 0 Å². The Balaban J connectivity index is 1.73. The Morgan fingerprint density at radius 1 is 1.19 bits per heavy atom. The average Bonchev–Trinajstić information content (AvgIpc) is 3.15. The minimum atomic E-state index is -0.478. The fraction of sp³-hybridized carbons (Fsp3) is 0.0952. The molecule has 1 amide bonds. The molecule has 2 N–H and O–H groups in total. The summed E-state index contributed by atoms with van der Waals surface area (Å²) in [5.41, 5.74) is 2.23. The number of halogens is 1. The molecule has 1 aromatic heterocycles. The molecule has 0 radical (unpaired) electrons. The van der Waals surface area contributed by atoms with Crippen LogP contribution >= 0.6 is 0 Å². The third kappa shape index (κ3) is 4.47. The van der Waals surface area contributed by atoms with E-state index in [9.17, 15) is 14.4 Å². The van der Waals surface area contributed by atoms with Gasteiger partial charge in [0.05, 0.1) is 11.9 Å². The summed E-state index contributed by atoms with van der Waals surface area (Å²) in [6.45, 7) is 0.410. The van der Waals surface area contributed by atoms with Crippen molar-refractivity contribution in [1.29, 1.82) is 5.26 Å². The molecule has 2 aromatic carbocycles. The molecule has 0 unspecified atom stereocenters. The first-order valence-electron chi connectivity index (χ1n) is 8.41. The molecule has 3 rings (SSSR count). The van der Waals surface area contributed by atoms with Crippen LogP contribution in [-0.4, -0.2) is 22.6 Å². The molecule has 1 heterocycles. The lowest BCUT2D eigenvalue weighted by Gasteiger charge is -2.05. The highest BCUT2D eigenvalue weighted by atomic mass is 19.1. The maximum atomic E-state index is 14.0. The van der Waals surface area contributed by atoms with E-state index in [2.05, 4.69) is 15.5 Å². The summed E-state index contributed by atoms with van der Waals surface area (Å²) in [7, 11) is 0. The van der Waals surface area contributed by atoms with E-state index < -0.39 is 11.7 Å². The molecule has 0 saturated heterocycles. The van der Waals surface area contributed by atoms with Crippen LogP contribution in [0.1, 0.15) is 11.1 Å². The number of benzene rings is 2. The van der Waals surface area contributed by atoms with Crippen LogP contribution in [0.3, 0.4) is 0 Å². The molecule has 0 atom stereocenters. The standard InChI is InChI=1S/C21H17FN4O/c22-19-9-5-4-8-18(19)20-17(14-25-26-20)12-16(13-23)21(27)24-11-10-15-6-2-1-3-7-15/h1-9,12,14H,10-11H2,(H,24,27)(H,25,26)/b16-12+. The quantitative estimate of drug-likeness (QED) is 0.522. The van der Waals surface area contributed by atoms with Crippen LogP contribution in [-0.2, 0) is 11.2 Å². The molecule has 27 heavy (non-hydrogen) atoms. The second-order valence-corrected chi connectivity index (χ2v) is 5.84. The summed E-state index contributed by atoms with van der Waals surface area (Å²) in [4.78, 5) is 12.3. The number of nitrogens with one attached hydrogen (secondary N) is 2. The van der Waals surface area contributed by atoms with E-state index in [1.54, 1.807) is 18.2 Å². The highest BCUT2D eigenvalue weighted by molar-refractivity contribution is 6.02. The van der Waals surface area contributed by atoms with Crippen LogP contribution in [0.4, 0.5) is 4.39 Å². The lowest BCUT2D eigenvalue weighted by molar-refractivity contribution is -0.117. The Hall–Kier alpha value is -3.72. The van der Waals surface area contributed by atoms with Gasteiger partial charge in [0.15, 0.2) is 0 Å². The molecule has 6 heteroatoms. The SMILES string of the molecule is N#C/C(=C\c1cn[nH]c1-c1ccccc1F)C(=O)NCCc1ccccc1. The van der Waals surface area contributed by atoms with E-state index in [0.717, 1.165) is 5.56 Å². The number of nitrogens with zero attached hydrogens (tertiary/aromatic N) is 2. The van der Waals surface area contributed by atoms with Gasteiger partial charge >= 0.3 is 0 Å². The summed E-state index contributed by atoms with van der Waals surface area (Å²) in [5.74, 6) is -0.892. The molecule has 0 spiro atoms. The van der Waals surface area contributed by atoms with Crippen molar-refractivity contribution in [1.82, 2.24) is 15.5 Å². The van der Waals surface area contributed by atoms with Gasteiger partial charge in [-0.25, -0.2) is 4.39 Å². The number of amides is 1. The second-order valence-electron chi connectivity index (χ2n) is 5.84. The van der Waals surface area contributed by atoms with Gasteiger partial charge in [0.25, 0.3) is 5.91 Å². The van der Waals surface area contributed by atoms with E-state index in [1.807, 2.05) is 36.4 Å². The monoisotopic (exact) mass is 360 g/mol. The number of carbonyl (C=O) groups excluding carboxylic acids is 1. The maximum absolute atomic E-state index is 14.0. The number of carbonyl (C=O) groups is 1. The van der Waals surface area contributed by atoms with Gasteiger partial charge in [0.2, 0.25) is 0 Å². The Labute approximate surface area is 156 Å². The molecule has 0 saturated carbocycles. The molecule has 0 fully saturated rings. The summed E-state index contributed by atoms with van der Waals surface area (Å²) in [6.07, 6.45) is 3.52. The Bertz CT molecular complexity index is 1000. The fourth-order valence-corrected chi connectivity index (χ4v) is 2.65. The predicted octanol–water partition coefficient (Wildman–Crippen LogP) is 3.48. The lowest BCUT2D eigenvalue weighted by atomic mass is 10.1. The first kappa shape index (κ1) is 18.1. The van der Waals surface area contributed by atoms with Crippen LogP contribution in [0.5, 0.6) is 0 Å². The van der Waals surface area contributed by atoms with Gasteiger partial charge in [-0.15, -0.1) is 0 Å². The zero-order valence-electron chi connectivity index (χ0n) is 14.4. The van der Waals surface area contributed by atoms with Crippen molar-refractivity contribution in [2.45, 2.75) is 6.42 Å². The molecule has 0 aliphatic heterocycles. The van der Waals surface area contributed by atoms with E-state index in [1.165, 1.54) is 18.3 Å². The fourth-order valence-electron chi connectivity index (χ4n) is 2.65. The summed E-state index contributed by atoms with van der Waals surface area (Å²) < 4.78 is 14.0. The van der Waals surface area contributed by atoms with Crippen molar-refractivity contribution in [2.24, 2.45) is 0 Å². The smallest absolute Gasteiger partial charge is 0.261 e. The van der Waals surface area contributed by atoms with Gasteiger partial charge in [-0.1, -0.05) is 42.5 Å². The van der Waals surface area contributed by atoms with Crippen molar-refractivity contribution < 1.29 is 9.18 Å². The second kappa shape index (κ2) is 8.59. The van der Waals surface area contributed by atoms with Gasteiger partial charge in [0, 0.05) is 17.7 Å². The summed E-state index contributed by atoms with van der Waals surface area (Å²) in [5, 5.41) is 18.7.